The third-order valence-corrected chi connectivity index (χ3v) is 7.13. The van der Waals surface area contributed by atoms with E-state index in [-0.39, 0.29) is 0 Å². The van der Waals surface area contributed by atoms with Crippen LogP contribution in [0.15, 0.2) is 158 Å². The molecule has 0 spiro atoms. The predicted octanol–water partition coefficient (Wildman–Crippen LogP) is 9.27. The zero-order valence-electron chi connectivity index (χ0n) is 22.8. The minimum atomic E-state index is 0.701. The van der Waals surface area contributed by atoms with Crippen molar-refractivity contribution in [3.8, 4) is 67.8 Å². The van der Waals surface area contributed by atoms with Gasteiger partial charge >= 0.3 is 0 Å². The molecule has 4 heteroatoms. The quantitative estimate of drug-likeness (QED) is 0.212. The summed E-state index contributed by atoms with van der Waals surface area (Å²) in [6.07, 6.45) is 0. The lowest BCUT2D eigenvalue weighted by Gasteiger charge is -2.11. The van der Waals surface area contributed by atoms with E-state index in [2.05, 4.69) is 60.7 Å². The van der Waals surface area contributed by atoms with Gasteiger partial charge in [-0.2, -0.15) is 0 Å². The van der Waals surface area contributed by atoms with E-state index >= 15 is 0 Å². The van der Waals surface area contributed by atoms with E-state index in [1.165, 1.54) is 0 Å². The van der Waals surface area contributed by atoms with Gasteiger partial charge in [-0.05, 0) is 12.1 Å². The van der Waals surface area contributed by atoms with E-state index < -0.39 is 0 Å². The van der Waals surface area contributed by atoms with E-state index in [0.717, 1.165) is 56.2 Å². The van der Waals surface area contributed by atoms with Crippen molar-refractivity contribution in [3.05, 3.63) is 158 Å². The topological polar surface area (TPSA) is 51.6 Å². The van der Waals surface area contributed by atoms with Crippen LogP contribution in [0.4, 0.5) is 0 Å². The molecule has 7 aromatic rings. The zero-order chi connectivity index (χ0) is 28.1. The first kappa shape index (κ1) is 25.2. The first-order chi connectivity index (χ1) is 20.8. The van der Waals surface area contributed by atoms with Gasteiger partial charge in [-0.3, -0.25) is 0 Å². The molecular formula is C38H26N4. The van der Waals surface area contributed by atoms with Crippen LogP contribution in [0.1, 0.15) is 0 Å². The summed E-state index contributed by atoms with van der Waals surface area (Å²) in [5, 5.41) is 0. The lowest BCUT2D eigenvalue weighted by molar-refractivity contribution is 1.18. The molecule has 4 nitrogen and oxygen atoms in total. The minimum absolute atomic E-state index is 0.701. The summed E-state index contributed by atoms with van der Waals surface area (Å²) >= 11 is 0. The molecular weight excluding hydrogens is 512 g/mol. The van der Waals surface area contributed by atoms with Crippen LogP contribution in [-0.4, -0.2) is 19.9 Å². The normalized spacial score (nSPS) is 10.9. The van der Waals surface area contributed by atoms with Crippen LogP contribution in [-0.2, 0) is 0 Å². The molecule has 7 rings (SSSR count). The molecule has 0 bridgehead atoms. The molecule has 5 aromatic carbocycles. The Labute approximate surface area is 245 Å². The van der Waals surface area contributed by atoms with E-state index in [9.17, 15) is 0 Å². The smallest absolute Gasteiger partial charge is 0.160 e. The molecule has 0 N–H and O–H groups in total. The van der Waals surface area contributed by atoms with Gasteiger partial charge in [0.05, 0.1) is 22.8 Å². The van der Waals surface area contributed by atoms with Gasteiger partial charge in [0.2, 0.25) is 0 Å². The molecule has 0 aliphatic carbocycles. The first-order valence-electron chi connectivity index (χ1n) is 13.9. The first-order valence-corrected chi connectivity index (χ1v) is 13.9. The maximum atomic E-state index is 4.97. The molecule has 0 saturated heterocycles. The Morgan fingerprint density at radius 2 is 0.476 bits per heavy atom. The van der Waals surface area contributed by atoms with Gasteiger partial charge in [0, 0.05) is 33.4 Å². The Hall–Kier alpha value is -5.74. The maximum absolute atomic E-state index is 4.97. The van der Waals surface area contributed by atoms with Crippen LogP contribution in [0.25, 0.3) is 67.8 Å². The number of nitrogens with zero attached hydrogens (tertiary/aromatic N) is 4. The highest BCUT2D eigenvalue weighted by Gasteiger charge is 2.13. The zero-order valence-corrected chi connectivity index (χ0v) is 22.8. The fraction of sp³-hybridized carbons (Fsp3) is 0. The lowest BCUT2D eigenvalue weighted by Crippen LogP contribution is -1.97. The highest BCUT2D eigenvalue weighted by molar-refractivity contribution is 5.75. The largest absolute Gasteiger partial charge is 0.228 e. The van der Waals surface area contributed by atoms with Gasteiger partial charge in [0.25, 0.3) is 0 Å². The summed E-state index contributed by atoms with van der Waals surface area (Å²) in [5.41, 5.74) is 9.60. The molecule has 0 fully saturated rings. The van der Waals surface area contributed by atoms with Gasteiger partial charge in [-0.1, -0.05) is 146 Å². The Morgan fingerprint density at radius 3 is 0.762 bits per heavy atom. The highest BCUT2D eigenvalue weighted by Crippen LogP contribution is 2.31. The summed E-state index contributed by atoms with van der Waals surface area (Å²) in [4.78, 5) is 19.8. The predicted molar refractivity (Wildman–Crippen MR) is 170 cm³/mol. The maximum Gasteiger partial charge on any atom is 0.160 e. The molecule has 0 saturated carbocycles. The van der Waals surface area contributed by atoms with Crippen molar-refractivity contribution in [1.82, 2.24) is 19.9 Å². The molecule has 0 radical (unpaired) electrons. The van der Waals surface area contributed by atoms with Crippen molar-refractivity contribution in [1.29, 1.82) is 0 Å². The molecule has 0 unspecified atom stereocenters. The summed E-state index contributed by atoms with van der Waals surface area (Å²) < 4.78 is 0. The summed E-state index contributed by atoms with van der Waals surface area (Å²) in [6, 6.07) is 53.2. The van der Waals surface area contributed by atoms with Crippen LogP contribution in [0.5, 0.6) is 0 Å². The van der Waals surface area contributed by atoms with Crippen LogP contribution in [0, 0.1) is 0 Å². The van der Waals surface area contributed by atoms with Crippen LogP contribution in [0.2, 0.25) is 0 Å². The Kier molecular flexibility index (Phi) is 6.85. The Balaban J connectivity index is 1.31. The van der Waals surface area contributed by atoms with Gasteiger partial charge in [0.15, 0.2) is 11.6 Å². The summed E-state index contributed by atoms with van der Waals surface area (Å²) in [5.74, 6) is 1.40. The van der Waals surface area contributed by atoms with Crippen LogP contribution >= 0.6 is 0 Å². The third kappa shape index (κ3) is 5.34. The Bertz CT molecular complexity index is 1680. The van der Waals surface area contributed by atoms with Crippen molar-refractivity contribution in [2.24, 2.45) is 0 Å². The average Bonchev–Trinajstić information content (AvgIpc) is 3.09. The number of aromatic nitrogens is 4. The molecule has 0 atom stereocenters. The molecule has 2 heterocycles. The number of hydrogen-bond acceptors (Lipinski definition) is 4. The van der Waals surface area contributed by atoms with Crippen molar-refractivity contribution < 1.29 is 0 Å². The van der Waals surface area contributed by atoms with E-state index in [1.54, 1.807) is 0 Å². The fourth-order valence-electron chi connectivity index (χ4n) is 4.95. The van der Waals surface area contributed by atoms with Crippen molar-refractivity contribution in [2.45, 2.75) is 0 Å². The van der Waals surface area contributed by atoms with E-state index in [1.807, 2.05) is 97.1 Å². The van der Waals surface area contributed by atoms with Gasteiger partial charge < -0.3 is 0 Å². The standard InChI is InChI=1S/C38H26N4/c1-5-13-27(14-6-1)33-25-35(41-37(39-33)31-17-9-3-10-18-31)29-21-23-30(24-22-29)36-26-34(28-15-7-2-8-16-28)40-38(42-36)32-19-11-4-12-20-32/h1-26H. The molecule has 198 valence electrons. The van der Waals surface area contributed by atoms with Crippen LogP contribution in [0.3, 0.4) is 0 Å². The second-order valence-corrected chi connectivity index (χ2v) is 9.97. The number of rotatable bonds is 6. The number of hydrogen-bond donors (Lipinski definition) is 0. The second kappa shape index (κ2) is 11.4. The van der Waals surface area contributed by atoms with Gasteiger partial charge in [-0.25, -0.2) is 19.9 Å². The second-order valence-electron chi connectivity index (χ2n) is 9.97. The minimum Gasteiger partial charge on any atom is -0.228 e. The molecule has 0 amide bonds. The molecule has 0 aliphatic heterocycles. The van der Waals surface area contributed by atoms with Gasteiger partial charge in [-0.15, -0.1) is 0 Å². The Morgan fingerprint density at radius 1 is 0.238 bits per heavy atom. The van der Waals surface area contributed by atoms with Crippen molar-refractivity contribution in [3.63, 3.8) is 0 Å². The molecule has 0 aliphatic rings. The summed E-state index contributed by atoms with van der Waals surface area (Å²) in [7, 11) is 0. The summed E-state index contributed by atoms with van der Waals surface area (Å²) in [6.45, 7) is 0. The van der Waals surface area contributed by atoms with Crippen molar-refractivity contribution >= 4 is 0 Å². The molecule has 2 aromatic heterocycles. The van der Waals surface area contributed by atoms with Crippen molar-refractivity contribution in [2.75, 3.05) is 0 Å². The molecule has 42 heavy (non-hydrogen) atoms. The number of benzene rings is 5. The highest BCUT2D eigenvalue weighted by atomic mass is 14.9. The average molecular weight is 539 g/mol. The van der Waals surface area contributed by atoms with Crippen LogP contribution < -0.4 is 0 Å². The third-order valence-electron chi connectivity index (χ3n) is 7.13. The SMILES string of the molecule is c1ccc(-c2cc(-c3ccc(-c4cc(-c5ccccc5)nc(-c5ccccc5)n4)cc3)nc(-c3ccccc3)n2)cc1. The fourth-order valence-corrected chi connectivity index (χ4v) is 4.95. The van der Waals surface area contributed by atoms with E-state index in [0.29, 0.717) is 11.6 Å². The van der Waals surface area contributed by atoms with Gasteiger partial charge in [0.1, 0.15) is 0 Å². The van der Waals surface area contributed by atoms with E-state index in [4.69, 9.17) is 19.9 Å². The lowest BCUT2D eigenvalue weighted by atomic mass is 10.0. The monoisotopic (exact) mass is 538 g/mol.